The molecule has 4 rings (SSSR count). The highest BCUT2D eigenvalue weighted by Crippen LogP contribution is 2.37. The number of hydrogen-bond donors (Lipinski definition) is 0. The first kappa shape index (κ1) is 15.5. The van der Waals surface area contributed by atoms with E-state index in [-0.39, 0.29) is 18.3 Å². The van der Waals surface area contributed by atoms with Gasteiger partial charge >= 0.3 is 7.12 Å². The van der Waals surface area contributed by atoms with Crippen LogP contribution >= 0.6 is 0 Å². The molecule has 0 aromatic heterocycles. The van der Waals surface area contributed by atoms with Gasteiger partial charge in [0.25, 0.3) is 0 Å². The molecule has 0 radical (unpaired) electrons. The van der Waals surface area contributed by atoms with Crippen molar-refractivity contribution in [2.75, 3.05) is 18.0 Å². The molecule has 5 heteroatoms. The third kappa shape index (κ3) is 2.69. The van der Waals surface area contributed by atoms with E-state index < -0.39 is 0 Å². The normalized spacial score (nSPS) is 31.7. The van der Waals surface area contributed by atoms with Crippen LogP contribution in [0.5, 0.6) is 0 Å². The van der Waals surface area contributed by atoms with Crippen LogP contribution in [0.25, 0.3) is 0 Å². The molecule has 2 atom stereocenters. The summed E-state index contributed by atoms with van der Waals surface area (Å²) in [6.07, 6.45) is 3.18. The number of morpholine rings is 1. The van der Waals surface area contributed by atoms with Gasteiger partial charge in [-0.05, 0) is 58.1 Å². The fourth-order valence-electron chi connectivity index (χ4n) is 3.67. The molecular weight excluding hydrogens is 289 g/mol. The highest BCUT2D eigenvalue weighted by Gasteiger charge is 2.51. The second kappa shape index (κ2) is 5.23. The Morgan fingerprint density at radius 2 is 1.61 bits per heavy atom. The summed E-state index contributed by atoms with van der Waals surface area (Å²) in [5.74, 6) is 0. The number of hydrogen-bond acceptors (Lipinski definition) is 4. The first-order valence-electron chi connectivity index (χ1n) is 8.70. The predicted octanol–water partition coefficient (Wildman–Crippen LogP) is 2.35. The van der Waals surface area contributed by atoms with Crippen LogP contribution in [0.15, 0.2) is 24.3 Å². The average Bonchev–Trinajstić information content (AvgIpc) is 2.94. The van der Waals surface area contributed by atoms with Crippen molar-refractivity contribution in [3.63, 3.8) is 0 Å². The summed E-state index contributed by atoms with van der Waals surface area (Å²) in [6, 6.07) is 8.60. The molecule has 3 fully saturated rings. The van der Waals surface area contributed by atoms with E-state index in [0.29, 0.717) is 12.2 Å². The molecule has 1 aromatic carbocycles. The van der Waals surface area contributed by atoms with Crippen LogP contribution in [-0.4, -0.2) is 43.6 Å². The van der Waals surface area contributed by atoms with Gasteiger partial charge in [-0.25, -0.2) is 0 Å². The van der Waals surface area contributed by atoms with E-state index in [0.717, 1.165) is 18.6 Å². The van der Waals surface area contributed by atoms with E-state index in [4.69, 9.17) is 14.0 Å². The lowest BCUT2D eigenvalue weighted by atomic mass is 9.79. The molecule has 3 aliphatic rings. The van der Waals surface area contributed by atoms with Crippen molar-refractivity contribution < 1.29 is 14.0 Å². The van der Waals surface area contributed by atoms with Crippen LogP contribution < -0.4 is 10.4 Å². The fourth-order valence-corrected chi connectivity index (χ4v) is 3.67. The summed E-state index contributed by atoms with van der Waals surface area (Å²) in [6.45, 7) is 10.4. The van der Waals surface area contributed by atoms with Crippen LogP contribution in [-0.2, 0) is 14.0 Å². The summed E-state index contributed by atoms with van der Waals surface area (Å²) >= 11 is 0. The molecule has 0 N–H and O–H groups in total. The molecule has 124 valence electrons. The summed E-state index contributed by atoms with van der Waals surface area (Å²) in [4.78, 5) is 2.45. The molecule has 2 unspecified atom stereocenters. The van der Waals surface area contributed by atoms with Gasteiger partial charge in [0.2, 0.25) is 0 Å². The van der Waals surface area contributed by atoms with Crippen molar-refractivity contribution in [1.29, 1.82) is 0 Å². The zero-order valence-electron chi connectivity index (χ0n) is 14.5. The Balaban J connectivity index is 1.55. The molecule has 0 saturated carbocycles. The lowest BCUT2D eigenvalue weighted by molar-refractivity contribution is 0.00578. The van der Waals surface area contributed by atoms with Crippen molar-refractivity contribution >= 4 is 18.3 Å². The lowest BCUT2D eigenvalue weighted by Gasteiger charge is -2.34. The maximum absolute atomic E-state index is 6.18. The highest BCUT2D eigenvalue weighted by molar-refractivity contribution is 6.62. The van der Waals surface area contributed by atoms with Gasteiger partial charge in [0.05, 0.1) is 23.4 Å². The van der Waals surface area contributed by atoms with Gasteiger partial charge in [0.15, 0.2) is 0 Å². The highest BCUT2D eigenvalue weighted by atomic mass is 16.7. The molecule has 3 saturated heterocycles. The number of ether oxygens (including phenoxy) is 1. The third-order valence-corrected chi connectivity index (χ3v) is 5.80. The Hall–Kier alpha value is -1.04. The van der Waals surface area contributed by atoms with E-state index >= 15 is 0 Å². The van der Waals surface area contributed by atoms with Crippen LogP contribution in [0, 0.1) is 0 Å². The zero-order valence-corrected chi connectivity index (χ0v) is 14.5. The third-order valence-electron chi connectivity index (χ3n) is 5.80. The smallest absolute Gasteiger partial charge is 0.399 e. The van der Waals surface area contributed by atoms with Crippen LogP contribution in [0.1, 0.15) is 40.5 Å². The summed E-state index contributed by atoms with van der Waals surface area (Å²) in [5.41, 5.74) is 1.75. The number of anilines is 1. The monoisotopic (exact) mass is 315 g/mol. The minimum absolute atomic E-state index is 0.294. The van der Waals surface area contributed by atoms with Crippen molar-refractivity contribution in [1.82, 2.24) is 0 Å². The largest absolute Gasteiger partial charge is 0.494 e. The van der Waals surface area contributed by atoms with E-state index in [1.54, 1.807) is 0 Å². The SMILES string of the molecule is CC1(C)OB(c2cccc(N3CC4CCC(C3)O4)c2)OC1(C)C. The molecule has 2 bridgehead atoms. The quantitative estimate of drug-likeness (QED) is 0.784. The van der Waals surface area contributed by atoms with Gasteiger partial charge in [-0.2, -0.15) is 0 Å². The molecule has 23 heavy (non-hydrogen) atoms. The molecule has 3 aliphatic heterocycles. The number of nitrogens with zero attached hydrogens (tertiary/aromatic N) is 1. The summed E-state index contributed by atoms with van der Waals surface area (Å²) in [5, 5.41) is 0. The Labute approximate surface area is 139 Å². The fraction of sp³-hybridized carbons (Fsp3) is 0.667. The Morgan fingerprint density at radius 1 is 1.00 bits per heavy atom. The summed E-state index contributed by atoms with van der Waals surface area (Å²) in [7, 11) is -0.294. The van der Waals surface area contributed by atoms with Gasteiger partial charge in [0.1, 0.15) is 0 Å². The van der Waals surface area contributed by atoms with Crippen molar-refractivity contribution in [3.05, 3.63) is 24.3 Å². The van der Waals surface area contributed by atoms with Gasteiger partial charge in [-0.15, -0.1) is 0 Å². The standard InChI is InChI=1S/C18H26BNO3/c1-17(2)18(3,4)23-19(22-17)13-6-5-7-14(10-13)20-11-15-8-9-16(12-20)21-15/h5-7,10,15-16H,8-9,11-12H2,1-4H3. The summed E-state index contributed by atoms with van der Waals surface area (Å²) < 4.78 is 18.3. The maximum atomic E-state index is 6.18. The van der Waals surface area contributed by atoms with Gasteiger partial charge in [0, 0.05) is 18.8 Å². The second-order valence-corrected chi connectivity index (χ2v) is 8.05. The zero-order chi connectivity index (χ0) is 16.2. The van der Waals surface area contributed by atoms with E-state index in [9.17, 15) is 0 Å². The average molecular weight is 315 g/mol. The maximum Gasteiger partial charge on any atom is 0.494 e. The molecular formula is C18H26BNO3. The Bertz CT molecular complexity index is 576. The molecule has 4 nitrogen and oxygen atoms in total. The predicted molar refractivity (Wildman–Crippen MR) is 92.3 cm³/mol. The van der Waals surface area contributed by atoms with Crippen molar-refractivity contribution in [2.24, 2.45) is 0 Å². The molecule has 3 heterocycles. The van der Waals surface area contributed by atoms with Gasteiger partial charge in [-0.1, -0.05) is 12.1 Å². The van der Waals surface area contributed by atoms with Crippen LogP contribution in [0.3, 0.4) is 0 Å². The van der Waals surface area contributed by atoms with E-state index in [1.165, 1.54) is 18.5 Å². The minimum atomic E-state index is -0.300. The first-order valence-corrected chi connectivity index (χ1v) is 8.70. The van der Waals surface area contributed by atoms with Crippen molar-refractivity contribution in [2.45, 2.75) is 63.9 Å². The number of benzene rings is 1. The van der Waals surface area contributed by atoms with Crippen molar-refractivity contribution in [3.8, 4) is 0 Å². The number of rotatable bonds is 2. The molecule has 1 aromatic rings. The number of fused-ring (bicyclic) bond motifs is 2. The van der Waals surface area contributed by atoms with Crippen LogP contribution in [0.2, 0.25) is 0 Å². The van der Waals surface area contributed by atoms with E-state index in [2.05, 4.69) is 56.9 Å². The minimum Gasteiger partial charge on any atom is -0.399 e. The molecule has 0 aliphatic carbocycles. The Morgan fingerprint density at radius 3 is 2.22 bits per heavy atom. The lowest BCUT2D eigenvalue weighted by Crippen LogP contribution is -2.43. The first-order chi connectivity index (χ1) is 10.8. The Kier molecular flexibility index (Phi) is 3.52. The topological polar surface area (TPSA) is 30.9 Å². The molecule has 0 amide bonds. The van der Waals surface area contributed by atoms with Crippen LogP contribution in [0.4, 0.5) is 5.69 Å². The van der Waals surface area contributed by atoms with Gasteiger partial charge < -0.3 is 18.9 Å². The van der Waals surface area contributed by atoms with E-state index in [1.807, 2.05) is 0 Å². The van der Waals surface area contributed by atoms with Gasteiger partial charge in [-0.3, -0.25) is 0 Å². The molecule has 0 spiro atoms. The second-order valence-electron chi connectivity index (χ2n) is 8.05.